The number of aliphatic imine (C=N–C) groups is 1. The molecular formula is C22H34FNO3. The van der Waals surface area contributed by atoms with Crippen LogP contribution in [0.5, 0.6) is 0 Å². The first-order chi connectivity index (χ1) is 13.0. The van der Waals surface area contributed by atoms with E-state index in [0.717, 1.165) is 38.0 Å². The van der Waals surface area contributed by atoms with Crippen molar-refractivity contribution in [3.8, 4) is 0 Å². The molecule has 152 valence electrons. The standard InChI is InChI=1S/C15H20FNO.C7H14O2/c16-14-7-3-4-8-15(14)17-11-13(18)10-9-12-5-1-2-6-12;1-2-3-4-5-6-7(8)9/h3-4,7-8,11-13,18H,1-2,5-6,9-10H2;2-6H2,1H3,(H,8,9). The van der Waals surface area contributed by atoms with Crippen LogP contribution >= 0.6 is 0 Å². The Morgan fingerprint density at radius 2 is 1.96 bits per heavy atom. The van der Waals surface area contributed by atoms with Crippen LogP contribution in [0, 0.1) is 11.7 Å². The molecule has 1 fully saturated rings. The van der Waals surface area contributed by atoms with Gasteiger partial charge >= 0.3 is 5.97 Å². The lowest BCUT2D eigenvalue weighted by atomic mass is 10.00. The van der Waals surface area contributed by atoms with Gasteiger partial charge in [-0.3, -0.25) is 9.79 Å². The zero-order valence-corrected chi connectivity index (χ0v) is 16.4. The predicted octanol–water partition coefficient (Wildman–Crippen LogP) is 5.90. The third kappa shape index (κ3) is 11.5. The summed E-state index contributed by atoms with van der Waals surface area (Å²) >= 11 is 0. The first-order valence-corrected chi connectivity index (χ1v) is 10.2. The Morgan fingerprint density at radius 1 is 1.26 bits per heavy atom. The van der Waals surface area contributed by atoms with E-state index in [1.165, 1.54) is 44.4 Å². The van der Waals surface area contributed by atoms with Gasteiger partial charge in [-0.25, -0.2) is 4.39 Å². The number of aliphatic hydroxyl groups is 1. The molecule has 1 aromatic rings. The summed E-state index contributed by atoms with van der Waals surface area (Å²) in [5.74, 6) is -0.260. The van der Waals surface area contributed by atoms with Gasteiger partial charge in [0, 0.05) is 12.6 Å². The van der Waals surface area contributed by atoms with E-state index >= 15 is 0 Å². The molecule has 4 nitrogen and oxygen atoms in total. The number of aliphatic carboxylic acids is 1. The third-order valence-electron chi connectivity index (χ3n) is 4.83. The smallest absolute Gasteiger partial charge is 0.303 e. The molecule has 0 heterocycles. The van der Waals surface area contributed by atoms with Gasteiger partial charge in [0.05, 0.1) is 11.8 Å². The molecule has 1 aromatic carbocycles. The van der Waals surface area contributed by atoms with Crippen molar-refractivity contribution in [2.75, 3.05) is 0 Å². The van der Waals surface area contributed by atoms with Crippen LogP contribution in [0.1, 0.15) is 77.6 Å². The van der Waals surface area contributed by atoms with E-state index in [9.17, 15) is 14.3 Å². The van der Waals surface area contributed by atoms with Gasteiger partial charge in [-0.05, 0) is 37.3 Å². The molecule has 2 N–H and O–H groups in total. The third-order valence-corrected chi connectivity index (χ3v) is 4.83. The Bertz CT molecular complexity index is 556. The number of aliphatic hydroxyl groups excluding tert-OH is 1. The second kappa shape index (κ2) is 14.3. The van der Waals surface area contributed by atoms with E-state index in [2.05, 4.69) is 11.9 Å². The molecule has 5 heteroatoms. The maximum absolute atomic E-state index is 13.3. The maximum atomic E-state index is 13.3. The maximum Gasteiger partial charge on any atom is 0.303 e. The molecule has 1 saturated carbocycles. The topological polar surface area (TPSA) is 69.9 Å². The summed E-state index contributed by atoms with van der Waals surface area (Å²) in [4.78, 5) is 14.0. The van der Waals surface area contributed by atoms with Gasteiger partial charge in [-0.2, -0.15) is 0 Å². The summed E-state index contributed by atoms with van der Waals surface area (Å²) in [6.45, 7) is 2.11. The van der Waals surface area contributed by atoms with E-state index in [4.69, 9.17) is 5.11 Å². The largest absolute Gasteiger partial charge is 0.481 e. The molecule has 0 saturated heterocycles. The average molecular weight is 380 g/mol. The minimum absolute atomic E-state index is 0.289. The van der Waals surface area contributed by atoms with Gasteiger partial charge in [0.25, 0.3) is 0 Å². The van der Waals surface area contributed by atoms with Gasteiger partial charge in [0.2, 0.25) is 0 Å². The molecule has 27 heavy (non-hydrogen) atoms. The first-order valence-electron chi connectivity index (χ1n) is 10.2. The van der Waals surface area contributed by atoms with Gasteiger partial charge in [-0.1, -0.05) is 64.0 Å². The molecule has 0 aliphatic heterocycles. The van der Waals surface area contributed by atoms with Crippen LogP contribution in [0.2, 0.25) is 0 Å². The van der Waals surface area contributed by atoms with Gasteiger partial charge in [0.1, 0.15) is 5.82 Å². The molecule has 0 amide bonds. The van der Waals surface area contributed by atoms with Crippen LogP contribution in [-0.4, -0.2) is 28.5 Å². The quantitative estimate of drug-likeness (QED) is 0.393. The summed E-state index contributed by atoms with van der Waals surface area (Å²) in [5, 5.41) is 18.0. The van der Waals surface area contributed by atoms with E-state index in [1.54, 1.807) is 18.2 Å². The van der Waals surface area contributed by atoms with Crippen molar-refractivity contribution in [1.29, 1.82) is 0 Å². The van der Waals surface area contributed by atoms with Crippen LogP contribution in [0.3, 0.4) is 0 Å². The van der Waals surface area contributed by atoms with Crippen LogP contribution in [0.25, 0.3) is 0 Å². The fraction of sp³-hybridized carbons (Fsp3) is 0.636. The Balaban J connectivity index is 0.000000345. The number of unbranched alkanes of at least 4 members (excludes halogenated alkanes) is 3. The van der Waals surface area contributed by atoms with Crippen LogP contribution in [0.4, 0.5) is 10.1 Å². The average Bonchev–Trinajstić information content (AvgIpc) is 3.17. The summed E-state index contributed by atoms with van der Waals surface area (Å²) in [7, 11) is 0. The number of nitrogens with zero attached hydrogens (tertiary/aromatic N) is 1. The lowest BCUT2D eigenvalue weighted by Crippen LogP contribution is -2.10. The van der Waals surface area contributed by atoms with Crippen LogP contribution < -0.4 is 0 Å². The fourth-order valence-corrected chi connectivity index (χ4v) is 3.21. The summed E-state index contributed by atoms with van der Waals surface area (Å²) in [6.07, 6.45) is 12.4. The molecule has 0 radical (unpaired) electrons. The molecule has 0 bridgehead atoms. The Labute approximate surface area is 162 Å². The fourth-order valence-electron chi connectivity index (χ4n) is 3.21. The van der Waals surface area contributed by atoms with Gasteiger partial charge in [0.15, 0.2) is 0 Å². The van der Waals surface area contributed by atoms with E-state index < -0.39 is 12.1 Å². The Morgan fingerprint density at radius 3 is 2.59 bits per heavy atom. The first kappa shape index (κ1) is 23.3. The van der Waals surface area contributed by atoms with Crippen molar-refractivity contribution in [1.82, 2.24) is 0 Å². The molecule has 1 atom stereocenters. The van der Waals surface area contributed by atoms with Crippen molar-refractivity contribution in [3.63, 3.8) is 0 Å². The number of hydrogen-bond acceptors (Lipinski definition) is 3. The van der Waals surface area contributed by atoms with Crippen LogP contribution in [0.15, 0.2) is 29.3 Å². The zero-order chi connectivity index (χ0) is 19.9. The molecule has 2 rings (SSSR count). The van der Waals surface area contributed by atoms with Crippen molar-refractivity contribution >= 4 is 17.9 Å². The van der Waals surface area contributed by atoms with E-state index in [1.807, 2.05) is 0 Å². The van der Waals surface area contributed by atoms with Gasteiger partial charge < -0.3 is 10.2 Å². The van der Waals surface area contributed by atoms with E-state index in [-0.39, 0.29) is 11.5 Å². The number of rotatable bonds is 10. The number of hydrogen-bond donors (Lipinski definition) is 2. The number of carboxylic acid groups (broad SMARTS) is 1. The number of benzene rings is 1. The van der Waals surface area contributed by atoms with Crippen LogP contribution in [-0.2, 0) is 4.79 Å². The minimum Gasteiger partial charge on any atom is -0.481 e. The molecule has 0 spiro atoms. The SMILES string of the molecule is CCCCCCC(=O)O.OC(C=Nc1ccccc1F)CCC1CCCC1. The minimum atomic E-state index is -0.675. The second-order valence-corrected chi connectivity index (χ2v) is 7.23. The van der Waals surface area contributed by atoms with Crippen molar-refractivity contribution < 1.29 is 19.4 Å². The zero-order valence-electron chi connectivity index (χ0n) is 16.4. The molecule has 1 unspecified atom stereocenters. The molecular weight excluding hydrogens is 345 g/mol. The number of para-hydroxylation sites is 1. The number of carbonyl (C=O) groups is 1. The molecule has 1 aliphatic carbocycles. The highest BCUT2D eigenvalue weighted by atomic mass is 19.1. The second-order valence-electron chi connectivity index (χ2n) is 7.23. The lowest BCUT2D eigenvalue weighted by Gasteiger charge is -2.10. The number of halogens is 1. The van der Waals surface area contributed by atoms with Crippen molar-refractivity contribution in [2.24, 2.45) is 10.9 Å². The van der Waals surface area contributed by atoms with E-state index in [0.29, 0.717) is 6.42 Å². The summed E-state index contributed by atoms with van der Waals surface area (Å²) in [6, 6.07) is 6.35. The summed E-state index contributed by atoms with van der Waals surface area (Å²) < 4.78 is 13.3. The monoisotopic (exact) mass is 379 g/mol. The number of carboxylic acids is 1. The lowest BCUT2D eigenvalue weighted by molar-refractivity contribution is -0.137. The van der Waals surface area contributed by atoms with Crippen molar-refractivity contribution in [2.45, 2.75) is 83.7 Å². The Hall–Kier alpha value is -1.75. The molecule has 0 aromatic heterocycles. The predicted molar refractivity (Wildman–Crippen MR) is 108 cm³/mol. The van der Waals surface area contributed by atoms with Crippen molar-refractivity contribution in [3.05, 3.63) is 30.1 Å². The highest BCUT2D eigenvalue weighted by Crippen LogP contribution is 2.28. The summed E-state index contributed by atoms with van der Waals surface area (Å²) in [5.41, 5.74) is 0.289. The van der Waals surface area contributed by atoms with Gasteiger partial charge in [-0.15, -0.1) is 0 Å². The highest BCUT2D eigenvalue weighted by Gasteiger charge is 2.15. The normalized spacial score (nSPS) is 15.5. The highest BCUT2D eigenvalue weighted by molar-refractivity contribution is 5.67. The Kier molecular flexibility index (Phi) is 12.4. The molecule has 1 aliphatic rings.